The summed E-state index contributed by atoms with van der Waals surface area (Å²) < 4.78 is 24.4. The van der Waals surface area contributed by atoms with Gasteiger partial charge in [-0.05, 0) is 45.2 Å². The third kappa shape index (κ3) is 4.88. The summed E-state index contributed by atoms with van der Waals surface area (Å²) in [7, 11) is -1.58. The molecule has 0 saturated heterocycles. The second-order valence-electron chi connectivity index (χ2n) is 4.78. The summed E-state index contributed by atoms with van der Waals surface area (Å²) in [5.74, 6) is -0.168. The molecule has 0 aliphatic rings. The van der Waals surface area contributed by atoms with E-state index in [4.69, 9.17) is 0 Å². The first-order chi connectivity index (χ1) is 8.64. The van der Waals surface area contributed by atoms with E-state index in [1.54, 1.807) is 45.2 Å². The van der Waals surface area contributed by atoms with E-state index in [1.165, 1.54) is 0 Å². The van der Waals surface area contributed by atoms with Gasteiger partial charge in [-0.3, -0.25) is 9.52 Å². The fourth-order valence-electron chi connectivity index (χ4n) is 1.24. The van der Waals surface area contributed by atoms with Gasteiger partial charge >= 0.3 is 0 Å². The van der Waals surface area contributed by atoms with E-state index in [2.05, 4.69) is 15.4 Å². The minimum Gasteiger partial charge on any atom is -0.325 e. The maximum atomic E-state index is 11.9. The monoisotopic (exact) mass is 285 g/mol. The lowest BCUT2D eigenvalue weighted by Gasteiger charge is -2.22. The molecule has 0 aliphatic carbocycles. The molecule has 0 aromatic heterocycles. The van der Waals surface area contributed by atoms with Gasteiger partial charge in [0.1, 0.15) is 0 Å². The van der Waals surface area contributed by atoms with Gasteiger partial charge in [0, 0.05) is 11.4 Å². The molecule has 3 N–H and O–H groups in total. The highest BCUT2D eigenvalue weighted by molar-refractivity contribution is 7.92. The van der Waals surface area contributed by atoms with Crippen molar-refractivity contribution in [2.75, 3.05) is 23.3 Å². The van der Waals surface area contributed by atoms with E-state index < -0.39 is 15.6 Å². The zero-order chi connectivity index (χ0) is 14.7. The van der Waals surface area contributed by atoms with Crippen LogP contribution in [0.1, 0.15) is 13.8 Å². The Bertz CT molecular complexity index is 550. The normalized spacial score (nSPS) is 12.0. The first-order valence-electron chi connectivity index (χ1n) is 5.72. The average Bonchev–Trinajstić information content (AvgIpc) is 2.29. The van der Waals surface area contributed by atoms with Crippen molar-refractivity contribution in [3.05, 3.63) is 24.3 Å². The van der Waals surface area contributed by atoms with Crippen molar-refractivity contribution < 1.29 is 13.2 Å². The summed E-state index contributed by atoms with van der Waals surface area (Å²) in [6, 6.07) is 6.44. The fraction of sp³-hybridized carbons (Fsp3) is 0.417. The summed E-state index contributed by atoms with van der Waals surface area (Å²) in [4.78, 5) is 11.9. The number of anilines is 2. The molecule has 19 heavy (non-hydrogen) atoms. The topological polar surface area (TPSA) is 87.3 Å². The van der Waals surface area contributed by atoms with Crippen LogP contribution in [-0.2, 0) is 14.8 Å². The van der Waals surface area contributed by atoms with E-state index in [9.17, 15) is 13.2 Å². The van der Waals surface area contributed by atoms with Crippen LogP contribution in [0, 0.1) is 0 Å². The average molecular weight is 285 g/mol. The number of sulfonamides is 1. The highest BCUT2D eigenvalue weighted by atomic mass is 32.2. The van der Waals surface area contributed by atoms with Crippen molar-refractivity contribution in [2.24, 2.45) is 0 Å². The minimum atomic E-state index is -3.29. The molecule has 0 aliphatic heterocycles. The number of likely N-dealkylation sites (N-methyl/N-ethyl adjacent to an activating group) is 1. The molecular formula is C12H19N3O3S. The molecule has 7 heteroatoms. The smallest absolute Gasteiger partial charge is 0.244 e. The molecular weight excluding hydrogens is 266 g/mol. The van der Waals surface area contributed by atoms with Crippen molar-refractivity contribution in [3.63, 3.8) is 0 Å². The minimum absolute atomic E-state index is 0.168. The molecule has 1 aromatic carbocycles. The van der Waals surface area contributed by atoms with Crippen LogP contribution in [0.5, 0.6) is 0 Å². The molecule has 0 unspecified atom stereocenters. The first-order valence-corrected chi connectivity index (χ1v) is 7.61. The van der Waals surface area contributed by atoms with Crippen LogP contribution in [0.4, 0.5) is 11.4 Å². The second kappa shape index (κ2) is 5.58. The number of nitrogens with one attached hydrogen (secondary N) is 3. The number of benzene rings is 1. The van der Waals surface area contributed by atoms with Gasteiger partial charge in [-0.25, -0.2) is 8.42 Å². The molecule has 0 saturated carbocycles. The summed E-state index contributed by atoms with van der Waals surface area (Å²) in [5.41, 5.74) is 0.379. The van der Waals surface area contributed by atoms with Crippen LogP contribution in [0.2, 0.25) is 0 Å². The predicted molar refractivity (Wildman–Crippen MR) is 76.7 cm³/mol. The van der Waals surface area contributed by atoms with Gasteiger partial charge in [0.15, 0.2) is 0 Å². The first kappa shape index (κ1) is 15.5. The molecule has 0 fully saturated rings. The lowest BCUT2D eigenvalue weighted by Crippen LogP contribution is -2.47. The van der Waals surface area contributed by atoms with E-state index in [1.807, 2.05) is 0 Å². The summed E-state index contributed by atoms with van der Waals surface area (Å²) in [6.07, 6.45) is 1.08. The Balaban J connectivity index is 2.75. The fourth-order valence-corrected chi connectivity index (χ4v) is 1.80. The van der Waals surface area contributed by atoms with Crippen molar-refractivity contribution in [1.29, 1.82) is 0 Å². The van der Waals surface area contributed by atoms with E-state index in [0.717, 1.165) is 6.26 Å². The van der Waals surface area contributed by atoms with Crippen LogP contribution in [-0.4, -0.2) is 33.2 Å². The Hall–Kier alpha value is -1.60. The van der Waals surface area contributed by atoms with Crippen LogP contribution in [0.15, 0.2) is 24.3 Å². The van der Waals surface area contributed by atoms with Crippen molar-refractivity contribution >= 4 is 27.3 Å². The molecule has 0 atom stereocenters. The van der Waals surface area contributed by atoms with E-state index >= 15 is 0 Å². The number of carbonyl (C=O) groups excluding carboxylic acids is 1. The maximum Gasteiger partial charge on any atom is 0.244 e. The summed E-state index contributed by atoms with van der Waals surface area (Å²) >= 11 is 0. The third-order valence-corrected chi connectivity index (χ3v) is 3.25. The highest BCUT2D eigenvalue weighted by Gasteiger charge is 2.24. The second-order valence-corrected chi connectivity index (χ2v) is 6.53. The van der Waals surface area contributed by atoms with Gasteiger partial charge in [0.2, 0.25) is 15.9 Å². The molecule has 106 valence electrons. The highest BCUT2D eigenvalue weighted by Crippen LogP contribution is 2.16. The number of amides is 1. The zero-order valence-corrected chi connectivity index (χ0v) is 12.3. The molecule has 1 rings (SSSR count). The Morgan fingerprint density at radius 2 is 1.58 bits per heavy atom. The Kier molecular flexibility index (Phi) is 4.54. The third-order valence-electron chi connectivity index (χ3n) is 2.64. The van der Waals surface area contributed by atoms with E-state index in [-0.39, 0.29) is 5.91 Å². The molecule has 1 amide bonds. The van der Waals surface area contributed by atoms with Crippen molar-refractivity contribution in [3.8, 4) is 0 Å². The van der Waals surface area contributed by atoms with Crippen LogP contribution in [0.3, 0.4) is 0 Å². The molecule has 0 radical (unpaired) electrons. The Morgan fingerprint density at radius 1 is 1.11 bits per heavy atom. The molecule has 0 bridgehead atoms. The molecule has 1 aromatic rings. The lowest BCUT2D eigenvalue weighted by molar-refractivity contribution is -0.121. The SMILES string of the molecule is CNC(C)(C)C(=O)Nc1ccc(NS(C)(=O)=O)cc1. The summed E-state index contributed by atoms with van der Waals surface area (Å²) in [5, 5.41) is 5.64. The molecule has 6 nitrogen and oxygen atoms in total. The Morgan fingerprint density at radius 3 is 2.00 bits per heavy atom. The van der Waals surface area contributed by atoms with Crippen LogP contribution < -0.4 is 15.4 Å². The lowest BCUT2D eigenvalue weighted by atomic mass is 10.1. The molecule has 0 spiro atoms. The number of carbonyl (C=O) groups is 1. The molecule has 0 heterocycles. The van der Waals surface area contributed by atoms with Gasteiger partial charge < -0.3 is 10.6 Å². The number of hydrogen-bond donors (Lipinski definition) is 3. The Labute approximate surface area is 113 Å². The van der Waals surface area contributed by atoms with Gasteiger partial charge in [-0.1, -0.05) is 0 Å². The van der Waals surface area contributed by atoms with Gasteiger partial charge in [-0.15, -0.1) is 0 Å². The van der Waals surface area contributed by atoms with E-state index in [0.29, 0.717) is 11.4 Å². The standard InChI is InChI=1S/C12H19N3O3S/c1-12(2,13-3)11(16)14-9-5-7-10(8-6-9)15-19(4,17)18/h5-8,13,15H,1-4H3,(H,14,16). The van der Waals surface area contributed by atoms with Gasteiger partial charge in [0.25, 0.3) is 0 Å². The largest absolute Gasteiger partial charge is 0.325 e. The predicted octanol–water partition coefficient (Wildman–Crippen LogP) is 0.995. The van der Waals surface area contributed by atoms with Gasteiger partial charge in [0.05, 0.1) is 11.8 Å². The van der Waals surface area contributed by atoms with Crippen molar-refractivity contribution in [1.82, 2.24) is 5.32 Å². The summed E-state index contributed by atoms with van der Waals surface area (Å²) in [6.45, 7) is 3.53. The van der Waals surface area contributed by atoms with Crippen molar-refractivity contribution in [2.45, 2.75) is 19.4 Å². The maximum absolute atomic E-state index is 11.9. The van der Waals surface area contributed by atoms with Crippen LogP contribution >= 0.6 is 0 Å². The number of hydrogen-bond acceptors (Lipinski definition) is 4. The number of rotatable bonds is 5. The van der Waals surface area contributed by atoms with Crippen LogP contribution in [0.25, 0.3) is 0 Å². The van der Waals surface area contributed by atoms with Gasteiger partial charge in [-0.2, -0.15) is 0 Å². The zero-order valence-electron chi connectivity index (χ0n) is 11.4. The quantitative estimate of drug-likeness (QED) is 0.753.